The zero-order chi connectivity index (χ0) is 16.4. The van der Waals surface area contributed by atoms with Crippen LogP contribution in [-0.4, -0.2) is 27.9 Å². The van der Waals surface area contributed by atoms with E-state index in [1.807, 2.05) is 12.3 Å². The van der Waals surface area contributed by atoms with Crippen LogP contribution in [0.25, 0.3) is 10.6 Å². The van der Waals surface area contributed by atoms with E-state index in [1.54, 1.807) is 18.2 Å². The Bertz CT molecular complexity index is 717. The summed E-state index contributed by atoms with van der Waals surface area (Å²) in [6.07, 6.45) is 2.83. The molecule has 0 saturated carbocycles. The van der Waals surface area contributed by atoms with Crippen LogP contribution >= 0.6 is 11.3 Å². The zero-order valence-corrected chi connectivity index (χ0v) is 13.9. The Balaban J connectivity index is 1.81. The van der Waals surface area contributed by atoms with E-state index in [4.69, 9.17) is 5.73 Å². The maximum atomic E-state index is 13.9. The summed E-state index contributed by atoms with van der Waals surface area (Å²) < 4.78 is 13.9. The SMILES string of the molecule is CC1(C(N)=O)CCCCN1Cc1csc(-c2ccccc2F)n1. The summed E-state index contributed by atoms with van der Waals surface area (Å²) in [6.45, 7) is 3.29. The Labute approximate surface area is 139 Å². The first-order chi connectivity index (χ1) is 11.0. The van der Waals surface area contributed by atoms with Crippen LogP contribution in [0.15, 0.2) is 29.6 Å². The molecule has 3 rings (SSSR count). The number of likely N-dealkylation sites (tertiary alicyclic amines) is 1. The van der Waals surface area contributed by atoms with Crippen molar-refractivity contribution in [2.45, 2.75) is 38.3 Å². The summed E-state index contributed by atoms with van der Waals surface area (Å²) in [5.41, 5.74) is 6.35. The van der Waals surface area contributed by atoms with Crippen molar-refractivity contribution in [2.24, 2.45) is 5.73 Å². The van der Waals surface area contributed by atoms with Gasteiger partial charge < -0.3 is 5.73 Å². The van der Waals surface area contributed by atoms with E-state index >= 15 is 0 Å². The van der Waals surface area contributed by atoms with Gasteiger partial charge in [-0.15, -0.1) is 11.3 Å². The molecule has 1 aromatic carbocycles. The number of carbonyl (C=O) groups is 1. The number of nitrogens with two attached hydrogens (primary N) is 1. The molecule has 1 aliphatic heterocycles. The quantitative estimate of drug-likeness (QED) is 0.935. The minimum Gasteiger partial charge on any atom is -0.368 e. The maximum absolute atomic E-state index is 13.9. The lowest BCUT2D eigenvalue weighted by molar-refractivity contribution is -0.132. The lowest BCUT2D eigenvalue weighted by atomic mass is 9.87. The highest BCUT2D eigenvalue weighted by molar-refractivity contribution is 7.13. The second-order valence-electron chi connectivity index (χ2n) is 6.14. The highest BCUT2D eigenvalue weighted by Gasteiger charge is 2.39. The van der Waals surface area contributed by atoms with Gasteiger partial charge in [-0.25, -0.2) is 9.37 Å². The minimum absolute atomic E-state index is 0.270. The third kappa shape index (κ3) is 3.14. The van der Waals surface area contributed by atoms with E-state index < -0.39 is 5.54 Å². The van der Waals surface area contributed by atoms with Gasteiger partial charge >= 0.3 is 0 Å². The average Bonchev–Trinajstić information content (AvgIpc) is 2.98. The Morgan fingerprint density at radius 2 is 2.22 bits per heavy atom. The third-order valence-electron chi connectivity index (χ3n) is 4.58. The van der Waals surface area contributed by atoms with Crippen LogP contribution in [0.3, 0.4) is 0 Å². The van der Waals surface area contributed by atoms with Gasteiger partial charge in [0.05, 0.1) is 11.2 Å². The molecule has 1 aliphatic rings. The Hall–Kier alpha value is -1.79. The van der Waals surface area contributed by atoms with Gasteiger partial charge in [0.15, 0.2) is 0 Å². The van der Waals surface area contributed by atoms with Crippen molar-refractivity contribution in [3.05, 3.63) is 41.2 Å². The molecule has 1 unspecified atom stereocenters. The number of amides is 1. The molecule has 4 nitrogen and oxygen atoms in total. The fraction of sp³-hybridized carbons (Fsp3) is 0.412. The fourth-order valence-electron chi connectivity index (χ4n) is 3.04. The van der Waals surface area contributed by atoms with Crippen molar-refractivity contribution in [2.75, 3.05) is 6.54 Å². The van der Waals surface area contributed by atoms with Crippen LogP contribution in [0.5, 0.6) is 0 Å². The van der Waals surface area contributed by atoms with Crippen molar-refractivity contribution in [1.82, 2.24) is 9.88 Å². The molecule has 1 fully saturated rings. The number of aromatic nitrogens is 1. The molecule has 2 heterocycles. The summed E-state index contributed by atoms with van der Waals surface area (Å²) in [4.78, 5) is 18.5. The van der Waals surface area contributed by atoms with Gasteiger partial charge in [-0.3, -0.25) is 9.69 Å². The Kier molecular flexibility index (Phi) is 4.46. The molecule has 23 heavy (non-hydrogen) atoms. The molecule has 1 aromatic heterocycles. The number of benzene rings is 1. The molecule has 0 radical (unpaired) electrons. The number of halogens is 1. The molecular weight excluding hydrogens is 313 g/mol. The van der Waals surface area contributed by atoms with Gasteiger partial charge in [-0.05, 0) is 44.9 Å². The van der Waals surface area contributed by atoms with Crippen molar-refractivity contribution in [1.29, 1.82) is 0 Å². The van der Waals surface area contributed by atoms with Crippen LogP contribution < -0.4 is 5.73 Å². The number of primary amides is 1. The van der Waals surface area contributed by atoms with Gasteiger partial charge in [-0.1, -0.05) is 12.1 Å². The first-order valence-corrected chi connectivity index (χ1v) is 8.63. The van der Waals surface area contributed by atoms with Crippen LogP contribution in [0.4, 0.5) is 4.39 Å². The predicted octanol–water partition coefficient (Wildman–Crippen LogP) is 3.18. The van der Waals surface area contributed by atoms with E-state index in [1.165, 1.54) is 17.4 Å². The van der Waals surface area contributed by atoms with Gasteiger partial charge in [0.2, 0.25) is 5.91 Å². The standard InChI is InChI=1S/C17H20FN3OS/c1-17(16(19)22)8-4-5-9-21(17)10-12-11-23-15(20-12)13-6-2-3-7-14(13)18/h2-3,6-7,11H,4-5,8-10H2,1H3,(H2,19,22). The summed E-state index contributed by atoms with van der Waals surface area (Å²) in [5.74, 6) is -0.560. The number of thiazole rings is 1. The topological polar surface area (TPSA) is 59.2 Å². The molecule has 0 spiro atoms. The van der Waals surface area contributed by atoms with E-state index in [0.29, 0.717) is 17.1 Å². The third-order valence-corrected chi connectivity index (χ3v) is 5.50. The van der Waals surface area contributed by atoms with Crippen molar-refractivity contribution in [3.8, 4) is 10.6 Å². The summed E-state index contributed by atoms with van der Waals surface area (Å²) in [7, 11) is 0. The van der Waals surface area contributed by atoms with Crippen molar-refractivity contribution in [3.63, 3.8) is 0 Å². The number of piperidine rings is 1. The lowest BCUT2D eigenvalue weighted by Crippen LogP contribution is -2.57. The molecule has 1 saturated heterocycles. The normalized spacial score (nSPS) is 22.2. The van der Waals surface area contributed by atoms with Crippen LogP contribution in [0.2, 0.25) is 0 Å². The molecule has 0 bridgehead atoms. The lowest BCUT2D eigenvalue weighted by Gasteiger charge is -2.42. The smallest absolute Gasteiger partial charge is 0.237 e. The number of rotatable bonds is 4. The van der Waals surface area contributed by atoms with E-state index in [0.717, 1.165) is 31.5 Å². The minimum atomic E-state index is -0.625. The second-order valence-corrected chi connectivity index (χ2v) is 7.00. The van der Waals surface area contributed by atoms with E-state index in [-0.39, 0.29) is 11.7 Å². The summed E-state index contributed by atoms with van der Waals surface area (Å²) >= 11 is 1.42. The van der Waals surface area contributed by atoms with E-state index in [9.17, 15) is 9.18 Å². The molecule has 1 amide bonds. The number of hydrogen-bond donors (Lipinski definition) is 1. The number of carbonyl (C=O) groups excluding carboxylic acids is 1. The number of nitrogens with zero attached hydrogens (tertiary/aromatic N) is 2. The molecular formula is C17H20FN3OS. The molecule has 2 N–H and O–H groups in total. The summed E-state index contributed by atoms with van der Waals surface area (Å²) in [5, 5.41) is 2.59. The van der Waals surface area contributed by atoms with Crippen LogP contribution in [0, 0.1) is 5.82 Å². The first-order valence-electron chi connectivity index (χ1n) is 7.75. The molecule has 2 aromatic rings. The fourth-order valence-corrected chi connectivity index (χ4v) is 3.88. The van der Waals surface area contributed by atoms with Gasteiger partial charge in [0.1, 0.15) is 10.8 Å². The largest absolute Gasteiger partial charge is 0.368 e. The molecule has 0 aliphatic carbocycles. The van der Waals surface area contributed by atoms with Gasteiger partial charge in [0, 0.05) is 17.5 Å². The summed E-state index contributed by atoms with van der Waals surface area (Å²) in [6, 6.07) is 6.63. The number of hydrogen-bond acceptors (Lipinski definition) is 4. The van der Waals surface area contributed by atoms with Gasteiger partial charge in [0.25, 0.3) is 0 Å². The van der Waals surface area contributed by atoms with Crippen molar-refractivity contribution < 1.29 is 9.18 Å². The molecule has 122 valence electrons. The highest BCUT2D eigenvalue weighted by atomic mass is 32.1. The average molecular weight is 333 g/mol. The first kappa shape index (κ1) is 16.1. The molecule has 6 heteroatoms. The highest BCUT2D eigenvalue weighted by Crippen LogP contribution is 2.31. The van der Waals surface area contributed by atoms with Crippen LogP contribution in [0.1, 0.15) is 31.9 Å². The monoisotopic (exact) mass is 333 g/mol. The van der Waals surface area contributed by atoms with Crippen molar-refractivity contribution >= 4 is 17.2 Å². The molecule has 1 atom stereocenters. The maximum Gasteiger partial charge on any atom is 0.237 e. The Morgan fingerprint density at radius 3 is 2.96 bits per heavy atom. The van der Waals surface area contributed by atoms with Gasteiger partial charge in [-0.2, -0.15) is 0 Å². The van der Waals surface area contributed by atoms with Crippen LogP contribution in [-0.2, 0) is 11.3 Å². The zero-order valence-electron chi connectivity index (χ0n) is 13.1. The second kappa shape index (κ2) is 6.37. The van der Waals surface area contributed by atoms with E-state index in [2.05, 4.69) is 9.88 Å². The predicted molar refractivity (Wildman–Crippen MR) is 89.4 cm³/mol. The Morgan fingerprint density at radius 1 is 1.43 bits per heavy atom.